The highest BCUT2D eigenvalue weighted by Gasteiger charge is 2.15. The van der Waals surface area contributed by atoms with E-state index in [0.29, 0.717) is 17.9 Å². The third-order valence-electron chi connectivity index (χ3n) is 3.52. The van der Waals surface area contributed by atoms with Crippen LogP contribution in [0.5, 0.6) is 0 Å². The first kappa shape index (κ1) is 18.9. The smallest absolute Gasteiger partial charge is 0.240 e. The van der Waals surface area contributed by atoms with Crippen LogP contribution in [-0.4, -0.2) is 19.4 Å². The average molecular weight is 358 g/mol. The van der Waals surface area contributed by atoms with Gasteiger partial charge in [0.15, 0.2) is 0 Å². The molecule has 2 aromatic rings. The number of nitriles is 1. The maximum absolute atomic E-state index is 12.3. The van der Waals surface area contributed by atoms with E-state index in [9.17, 15) is 13.7 Å². The molecule has 0 atom stereocenters. The summed E-state index contributed by atoms with van der Waals surface area (Å²) in [6.45, 7) is 7.65. The van der Waals surface area contributed by atoms with E-state index in [0.717, 1.165) is 16.8 Å². The molecule has 1 heterocycles. The fourth-order valence-electron chi connectivity index (χ4n) is 2.49. The molecule has 0 aliphatic heterocycles. The number of hydrogen-bond acceptors (Lipinski definition) is 5. The summed E-state index contributed by atoms with van der Waals surface area (Å²) in [5, 5.41) is 12.4. The van der Waals surface area contributed by atoms with Crippen molar-refractivity contribution in [3.05, 3.63) is 52.7 Å². The number of sulfonamides is 1. The largest absolute Gasteiger partial charge is 0.365 e. The van der Waals surface area contributed by atoms with Gasteiger partial charge in [0.2, 0.25) is 10.0 Å². The van der Waals surface area contributed by atoms with Crippen LogP contribution in [0.2, 0.25) is 0 Å². The average Bonchev–Trinajstić information content (AvgIpc) is 2.51. The van der Waals surface area contributed by atoms with Crippen LogP contribution < -0.4 is 10.0 Å². The Morgan fingerprint density at radius 3 is 2.60 bits per heavy atom. The molecule has 0 radical (unpaired) electrons. The van der Waals surface area contributed by atoms with Crippen LogP contribution in [0.3, 0.4) is 0 Å². The van der Waals surface area contributed by atoms with Crippen molar-refractivity contribution in [3.63, 3.8) is 0 Å². The highest BCUT2D eigenvalue weighted by molar-refractivity contribution is 7.89. The van der Waals surface area contributed by atoms with Crippen molar-refractivity contribution >= 4 is 15.8 Å². The van der Waals surface area contributed by atoms with Gasteiger partial charge >= 0.3 is 0 Å². The van der Waals surface area contributed by atoms with Crippen molar-refractivity contribution in [2.75, 3.05) is 5.32 Å². The van der Waals surface area contributed by atoms with E-state index < -0.39 is 10.0 Å². The molecule has 0 saturated heterocycles. The number of aryl methyl sites for hydroxylation is 2. The van der Waals surface area contributed by atoms with Crippen molar-refractivity contribution in [1.82, 2.24) is 9.71 Å². The van der Waals surface area contributed by atoms with Crippen LogP contribution in [0.25, 0.3) is 0 Å². The number of benzene rings is 1. The van der Waals surface area contributed by atoms with Gasteiger partial charge in [-0.3, -0.25) is 0 Å². The van der Waals surface area contributed by atoms with Crippen LogP contribution in [0.4, 0.5) is 5.82 Å². The van der Waals surface area contributed by atoms with Gasteiger partial charge in [-0.05, 0) is 57.0 Å². The summed E-state index contributed by atoms with van der Waals surface area (Å²) < 4.78 is 27.1. The molecular weight excluding hydrogens is 336 g/mol. The molecule has 7 heteroatoms. The van der Waals surface area contributed by atoms with E-state index in [1.807, 2.05) is 26.0 Å². The summed E-state index contributed by atoms with van der Waals surface area (Å²) in [7, 11) is -3.54. The highest BCUT2D eigenvalue weighted by atomic mass is 32.2. The molecule has 0 saturated carbocycles. The van der Waals surface area contributed by atoms with Gasteiger partial charge in [0.25, 0.3) is 0 Å². The Morgan fingerprint density at radius 2 is 1.96 bits per heavy atom. The lowest BCUT2D eigenvalue weighted by Crippen LogP contribution is -2.30. The molecule has 0 bridgehead atoms. The second-order valence-electron chi connectivity index (χ2n) is 6.19. The van der Waals surface area contributed by atoms with E-state index in [2.05, 4.69) is 21.1 Å². The molecular formula is C18H22N4O2S. The second kappa shape index (κ2) is 7.64. The highest BCUT2D eigenvalue weighted by Crippen LogP contribution is 2.19. The number of nitrogens with one attached hydrogen (secondary N) is 2. The Morgan fingerprint density at radius 1 is 1.24 bits per heavy atom. The second-order valence-corrected chi connectivity index (χ2v) is 7.91. The maximum atomic E-state index is 12.3. The molecule has 0 amide bonds. The molecule has 0 aliphatic rings. The molecule has 6 nitrogen and oxygen atoms in total. The van der Waals surface area contributed by atoms with Crippen molar-refractivity contribution in [2.45, 2.75) is 45.2 Å². The van der Waals surface area contributed by atoms with E-state index in [4.69, 9.17) is 0 Å². The minimum atomic E-state index is -3.54. The summed E-state index contributed by atoms with van der Waals surface area (Å²) in [4.78, 5) is 4.58. The van der Waals surface area contributed by atoms with Crippen LogP contribution >= 0.6 is 0 Å². The molecule has 1 aromatic carbocycles. The van der Waals surface area contributed by atoms with Crippen molar-refractivity contribution in [2.24, 2.45) is 0 Å². The standard InChI is InChI=1S/C18H22N4O2S/c1-12(2)22-25(23,24)16-7-5-6-15(9-16)11-20-18-17(10-19)13(3)8-14(4)21-18/h5-9,12,22H,11H2,1-4H3,(H,20,21). The number of rotatable bonds is 6. The van der Waals surface area contributed by atoms with E-state index in [1.165, 1.54) is 0 Å². The van der Waals surface area contributed by atoms with E-state index in [1.54, 1.807) is 32.0 Å². The van der Waals surface area contributed by atoms with Gasteiger partial charge in [0, 0.05) is 18.3 Å². The summed E-state index contributed by atoms with van der Waals surface area (Å²) in [5.74, 6) is 0.508. The molecule has 0 spiro atoms. The minimum Gasteiger partial charge on any atom is -0.365 e. The molecule has 0 unspecified atom stereocenters. The van der Waals surface area contributed by atoms with Gasteiger partial charge < -0.3 is 5.32 Å². The predicted octanol–water partition coefficient (Wildman–Crippen LogP) is 2.87. The van der Waals surface area contributed by atoms with Crippen molar-refractivity contribution in [1.29, 1.82) is 5.26 Å². The predicted molar refractivity (Wildman–Crippen MR) is 97.7 cm³/mol. The number of pyridine rings is 1. The van der Waals surface area contributed by atoms with E-state index in [-0.39, 0.29) is 10.9 Å². The quantitative estimate of drug-likeness (QED) is 0.828. The number of hydrogen-bond donors (Lipinski definition) is 2. The molecule has 2 rings (SSSR count). The van der Waals surface area contributed by atoms with Gasteiger partial charge in [0.05, 0.1) is 10.5 Å². The van der Waals surface area contributed by atoms with Gasteiger partial charge in [-0.2, -0.15) is 5.26 Å². The topological polar surface area (TPSA) is 94.9 Å². The zero-order valence-electron chi connectivity index (χ0n) is 14.8. The first-order chi connectivity index (χ1) is 11.7. The number of nitrogens with zero attached hydrogens (tertiary/aromatic N) is 2. The molecule has 2 N–H and O–H groups in total. The third-order valence-corrected chi connectivity index (χ3v) is 5.17. The van der Waals surface area contributed by atoms with Gasteiger partial charge in [-0.1, -0.05) is 12.1 Å². The minimum absolute atomic E-state index is 0.176. The number of anilines is 1. The molecule has 0 fully saturated rings. The van der Waals surface area contributed by atoms with Gasteiger partial charge in [-0.15, -0.1) is 0 Å². The number of aromatic nitrogens is 1. The van der Waals surface area contributed by atoms with Gasteiger partial charge in [-0.25, -0.2) is 18.1 Å². The lowest BCUT2D eigenvalue weighted by molar-refractivity contribution is 0.569. The van der Waals surface area contributed by atoms with Gasteiger partial charge in [0.1, 0.15) is 11.9 Å². The van der Waals surface area contributed by atoms with E-state index >= 15 is 0 Å². The first-order valence-corrected chi connectivity index (χ1v) is 9.44. The third kappa shape index (κ3) is 4.78. The zero-order valence-corrected chi connectivity index (χ0v) is 15.6. The lowest BCUT2D eigenvalue weighted by Gasteiger charge is -2.12. The lowest BCUT2D eigenvalue weighted by atomic mass is 10.1. The summed E-state index contributed by atoms with van der Waals surface area (Å²) in [5.41, 5.74) is 2.96. The van der Waals surface area contributed by atoms with Crippen LogP contribution in [-0.2, 0) is 16.6 Å². The summed E-state index contributed by atoms with van der Waals surface area (Å²) >= 11 is 0. The zero-order chi connectivity index (χ0) is 18.6. The monoisotopic (exact) mass is 358 g/mol. The first-order valence-electron chi connectivity index (χ1n) is 7.96. The Hall–Kier alpha value is -2.43. The Balaban J connectivity index is 2.24. The van der Waals surface area contributed by atoms with Crippen LogP contribution in [0.15, 0.2) is 35.2 Å². The maximum Gasteiger partial charge on any atom is 0.240 e. The molecule has 1 aromatic heterocycles. The van der Waals surface area contributed by atoms with Crippen molar-refractivity contribution < 1.29 is 8.42 Å². The molecule has 25 heavy (non-hydrogen) atoms. The fourth-order valence-corrected chi connectivity index (χ4v) is 3.81. The SMILES string of the molecule is Cc1cc(C)c(C#N)c(NCc2cccc(S(=O)(=O)NC(C)C)c2)n1. The normalized spacial score (nSPS) is 11.4. The fraction of sp³-hybridized carbons (Fsp3) is 0.333. The Bertz CT molecular complexity index is 915. The van der Waals surface area contributed by atoms with Crippen LogP contribution in [0, 0.1) is 25.2 Å². The molecule has 132 valence electrons. The summed E-state index contributed by atoms with van der Waals surface area (Å²) in [6, 6.07) is 10.5. The van der Waals surface area contributed by atoms with Crippen LogP contribution in [0.1, 0.15) is 36.2 Å². The Kier molecular flexibility index (Phi) is 5.77. The Labute approximate surface area is 149 Å². The molecule has 0 aliphatic carbocycles. The van der Waals surface area contributed by atoms with Crippen molar-refractivity contribution in [3.8, 4) is 6.07 Å². The summed E-state index contributed by atoms with van der Waals surface area (Å²) in [6.07, 6.45) is 0.